The molecule has 11 nitrogen and oxygen atoms in total. The lowest BCUT2D eigenvalue weighted by atomic mass is 10.0. The number of esters is 1. The van der Waals surface area contributed by atoms with Crippen LogP contribution < -0.4 is 16.0 Å². The van der Waals surface area contributed by atoms with Crippen LogP contribution in [0.3, 0.4) is 0 Å². The molecule has 2 rings (SSSR count). The first-order chi connectivity index (χ1) is 17.7. The Kier molecular flexibility index (Phi) is 10.4. The summed E-state index contributed by atoms with van der Waals surface area (Å²) in [5.74, 6) is -4.93. The van der Waals surface area contributed by atoms with Crippen molar-refractivity contribution in [2.24, 2.45) is 0 Å². The van der Waals surface area contributed by atoms with Gasteiger partial charge in [-0.05, 0) is 36.8 Å². The first-order valence-corrected chi connectivity index (χ1v) is 11.3. The van der Waals surface area contributed by atoms with Crippen LogP contribution in [0.25, 0.3) is 0 Å². The van der Waals surface area contributed by atoms with Crippen LogP contribution in [0, 0.1) is 10.1 Å². The van der Waals surface area contributed by atoms with Gasteiger partial charge in [-0.25, -0.2) is 0 Å². The van der Waals surface area contributed by atoms with Gasteiger partial charge in [0.25, 0.3) is 11.6 Å². The third-order valence-electron chi connectivity index (χ3n) is 4.61. The normalized spacial score (nSPS) is 11.7. The molecular formula is C22H23Cl2F3N4O7. The lowest BCUT2D eigenvalue weighted by molar-refractivity contribution is -0.384. The third kappa shape index (κ3) is 9.19. The maximum absolute atomic E-state index is 12.5. The van der Waals surface area contributed by atoms with E-state index >= 15 is 0 Å². The van der Waals surface area contributed by atoms with E-state index in [1.165, 1.54) is 23.5 Å². The number of halogens is 5. The predicted molar refractivity (Wildman–Crippen MR) is 133 cm³/mol. The smallest absolute Gasteiger partial charge is 0.466 e. The molecule has 3 amide bonds. The Labute approximate surface area is 225 Å². The summed E-state index contributed by atoms with van der Waals surface area (Å²) >= 11 is 12.0. The maximum Gasteiger partial charge on any atom is 0.471 e. The van der Waals surface area contributed by atoms with E-state index in [1.807, 2.05) is 0 Å². The largest absolute Gasteiger partial charge is 0.471 e. The molecule has 0 aliphatic carbocycles. The van der Waals surface area contributed by atoms with Crippen LogP contribution in [0.1, 0.15) is 38.2 Å². The Hall–Kier alpha value is -3.91. The van der Waals surface area contributed by atoms with Crippen molar-refractivity contribution >= 4 is 58.3 Å². The molecule has 0 aliphatic heterocycles. The minimum Gasteiger partial charge on any atom is -0.466 e. The molecular weight excluding hydrogens is 560 g/mol. The van der Waals surface area contributed by atoms with E-state index in [-0.39, 0.29) is 25.9 Å². The van der Waals surface area contributed by atoms with Crippen LogP contribution in [-0.2, 0) is 19.1 Å². The number of amides is 3. The average molecular weight is 583 g/mol. The molecule has 0 heterocycles. The number of ether oxygens (including phenoxy) is 1. The molecule has 0 aromatic heterocycles. The Morgan fingerprint density at radius 2 is 1.71 bits per heavy atom. The van der Waals surface area contributed by atoms with Crippen LogP contribution in [0.15, 0.2) is 36.4 Å². The lowest BCUT2D eigenvalue weighted by Crippen LogP contribution is -2.39. The number of carbonyl (C=O) groups is 4. The van der Waals surface area contributed by atoms with E-state index in [0.29, 0.717) is 11.6 Å². The van der Waals surface area contributed by atoms with Gasteiger partial charge in [0.2, 0.25) is 5.91 Å². The summed E-state index contributed by atoms with van der Waals surface area (Å²) in [4.78, 5) is 58.4. The van der Waals surface area contributed by atoms with Crippen LogP contribution in [0.5, 0.6) is 0 Å². The molecule has 0 saturated heterocycles. The summed E-state index contributed by atoms with van der Waals surface area (Å²) < 4.78 is 42.5. The zero-order valence-corrected chi connectivity index (χ0v) is 20.9. The second-order valence-corrected chi connectivity index (χ2v) is 8.37. The molecule has 0 radical (unpaired) electrons. The number of nitro groups is 1. The number of hydrogen-bond donors (Lipinski definition) is 3. The highest BCUT2D eigenvalue weighted by atomic mass is 35.5. The molecule has 2 aromatic rings. The number of nitrogens with zero attached hydrogens (tertiary/aromatic N) is 1. The molecule has 0 fully saturated rings. The zero-order valence-electron chi connectivity index (χ0n) is 19.4. The number of carbonyl (C=O) groups excluding carboxylic acids is 4. The highest BCUT2D eigenvalue weighted by Crippen LogP contribution is 2.26. The zero-order chi connectivity index (χ0) is 28.6. The molecule has 38 heavy (non-hydrogen) atoms. The van der Waals surface area contributed by atoms with Crippen molar-refractivity contribution in [3.05, 3.63) is 67.7 Å². The van der Waals surface area contributed by atoms with Crippen LogP contribution in [-0.4, -0.2) is 47.9 Å². The number of benzene rings is 2. The standard InChI is InChI=1S/C22H19Cl2F3N4O7.2H2/c1-2-38-19(33)9-17(11-3-13(23)7-14(24)4-11)30-18(32)10-28-20(34)12-5-15(8-16(6-12)31(36)37)29-21(35)22(25,26)27;;/h3-8,17H,2,9-10H2,1H3,(H,28,34)(H,29,35)(H,30,32);2*1H. The van der Waals surface area contributed by atoms with Crippen molar-refractivity contribution in [3.8, 4) is 0 Å². The summed E-state index contributed by atoms with van der Waals surface area (Å²) in [7, 11) is 0. The molecule has 16 heteroatoms. The van der Waals surface area contributed by atoms with Gasteiger partial charge in [0.05, 0.1) is 30.5 Å². The fraction of sp³-hybridized carbons (Fsp3) is 0.273. The molecule has 208 valence electrons. The number of alkyl halides is 3. The van der Waals surface area contributed by atoms with E-state index in [4.69, 9.17) is 27.9 Å². The van der Waals surface area contributed by atoms with Crippen molar-refractivity contribution in [2.45, 2.75) is 25.6 Å². The maximum atomic E-state index is 12.5. The van der Waals surface area contributed by atoms with Crippen molar-refractivity contribution < 1.29 is 44.9 Å². The van der Waals surface area contributed by atoms with Gasteiger partial charge in [-0.15, -0.1) is 0 Å². The fourth-order valence-corrected chi connectivity index (χ4v) is 3.59. The Bertz CT molecular complexity index is 1250. The van der Waals surface area contributed by atoms with E-state index in [9.17, 15) is 42.5 Å². The summed E-state index contributed by atoms with van der Waals surface area (Å²) in [5.41, 5.74) is -1.59. The summed E-state index contributed by atoms with van der Waals surface area (Å²) in [6, 6.07) is 5.52. The minimum absolute atomic E-state index is 0. The van der Waals surface area contributed by atoms with E-state index < -0.39 is 64.3 Å². The van der Waals surface area contributed by atoms with Gasteiger partial charge >= 0.3 is 18.1 Å². The summed E-state index contributed by atoms with van der Waals surface area (Å²) in [6.45, 7) is 0.977. The quantitative estimate of drug-likeness (QED) is 0.212. The summed E-state index contributed by atoms with van der Waals surface area (Å²) in [6.07, 6.45) is -5.59. The lowest BCUT2D eigenvalue weighted by Gasteiger charge is -2.19. The first kappa shape index (κ1) is 30.3. The molecule has 0 bridgehead atoms. The van der Waals surface area contributed by atoms with Crippen molar-refractivity contribution in [2.75, 3.05) is 18.5 Å². The van der Waals surface area contributed by atoms with Crippen molar-refractivity contribution in [3.63, 3.8) is 0 Å². The number of non-ortho nitro benzene ring substituents is 1. The van der Waals surface area contributed by atoms with Gasteiger partial charge in [-0.3, -0.25) is 29.3 Å². The Morgan fingerprint density at radius 3 is 2.26 bits per heavy atom. The number of anilines is 1. The first-order valence-electron chi connectivity index (χ1n) is 10.6. The van der Waals surface area contributed by atoms with Gasteiger partial charge < -0.3 is 20.7 Å². The van der Waals surface area contributed by atoms with E-state index in [0.717, 1.165) is 12.1 Å². The molecule has 1 unspecified atom stereocenters. The molecule has 0 aliphatic rings. The minimum atomic E-state index is -5.28. The topological polar surface area (TPSA) is 157 Å². The third-order valence-corrected chi connectivity index (χ3v) is 5.05. The highest BCUT2D eigenvalue weighted by Gasteiger charge is 2.39. The highest BCUT2D eigenvalue weighted by molar-refractivity contribution is 6.34. The van der Waals surface area contributed by atoms with Gasteiger partial charge in [0.1, 0.15) is 0 Å². The van der Waals surface area contributed by atoms with Gasteiger partial charge in [-0.2, -0.15) is 13.2 Å². The van der Waals surface area contributed by atoms with Gasteiger partial charge in [-0.1, -0.05) is 23.2 Å². The second kappa shape index (κ2) is 13.1. The van der Waals surface area contributed by atoms with Crippen LogP contribution in [0.2, 0.25) is 10.0 Å². The number of nitrogens with one attached hydrogen (secondary N) is 3. The number of hydrogen-bond acceptors (Lipinski definition) is 7. The van der Waals surface area contributed by atoms with Crippen LogP contribution >= 0.6 is 23.2 Å². The molecule has 3 N–H and O–H groups in total. The number of rotatable bonds is 10. The Balaban J connectivity index is 0.00000760. The molecule has 0 saturated carbocycles. The molecule has 2 aromatic carbocycles. The van der Waals surface area contributed by atoms with Crippen LogP contribution in [0.4, 0.5) is 24.5 Å². The van der Waals surface area contributed by atoms with E-state index in [1.54, 1.807) is 6.92 Å². The van der Waals surface area contributed by atoms with Gasteiger partial charge in [0, 0.05) is 36.3 Å². The van der Waals surface area contributed by atoms with Crippen molar-refractivity contribution in [1.29, 1.82) is 0 Å². The monoisotopic (exact) mass is 582 g/mol. The molecule has 1 atom stereocenters. The summed E-state index contributed by atoms with van der Waals surface area (Å²) in [5, 5.41) is 17.7. The fourth-order valence-electron chi connectivity index (χ4n) is 3.04. The average Bonchev–Trinajstić information content (AvgIpc) is 2.80. The van der Waals surface area contributed by atoms with Crippen molar-refractivity contribution in [1.82, 2.24) is 10.6 Å². The van der Waals surface area contributed by atoms with E-state index in [2.05, 4.69) is 10.6 Å². The Morgan fingerprint density at radius 1 is 1.08 bits per heavy atom. The second-order valence-electron chi connectivity index (χ2n) is 7.49. The number of nitro benzene ring substituents is 1. The predicted octanol–water partition coefficient (Wildman–Crippen LogP) is 4.43. The van der Waals surface area contributed by atoms with Gasteiger partial charge in [0.15, 0.2) is 0 Å². The molecule has 0 spiro atoms. The SMILES string of the molecule is CCOC(=O)CC(NC(=O)CNC(=O)c1cc(NC(=O)C(F)(F)F)cc([N+](=O)[O-])c1)c1cc(Cl)cc(Cl)c1.[HH].[HH].